The van der Waals surface area contributed by atoms with Gasteiger partial charge in [0.25, 0.3) is 0 Å². The Bertz CT molecular complexity index is 246. The van der Waals surface area contributed by atoms with Gasteiger partial charge in [-0.2, -0.15) is 11.3 Å². The van der Waals surface area contributed by atoms with E-state index in [9.17, 15) is 0 Å². The molecule has 3 unspecified atom stereocenters. The molecule has 0 aromatic carbocycles. The molecule has 0 aliphatic carbocycles. The monoisotopic (exact) mass is 213 g/mol. The van der Waals surface area contributed by atoms with E-state index in [4.69, 9.17) is 10.5 Å². The van der Waals surface area contributed by atoms with Crippen LogP contribution in [0.1, 0.15) is 38.9 Å². The number of hydrogen-bond acceptors (Lipinski definition) is 3. The summed E-state index contributed by atoms with van der Waals surface area (Å²) in [5.41, 5.74) is 7.11. The predicted octanol–water partition coefficient (Wildman–Crippen LogP) is 2.95. The lowest BCUT2D eigenvalue weighted by Gasteiger charge is -2.24. The molecule has 1 aromatic heterocycles. The molecule has 3 atom stereocenters. The molecule has 0 spiro atoms. The van der Waals surface area contributed by atoms with E-state index in [1.807, 2.05) is 6.92 Å². The molecule has 14 heavy (non-hydrogen) atoms. The van der Waals surface area contributed by atoms with E-state index in [-0.39, 0.29) is 18.2 Å². The van der Waals surface area contributed by atoms with E-state index in [1.54, 1.807) is 11.3 Å². The van der Waals surface area contributed by atoms with Crippen molar-refractivity contribution in [3.63, 3.8) is 0 Å². The lowest BCUT2D eigenvalue weighted by Crippen LogP contribution is -2.29. The molecule has 0 aliphatic rings. The van der Waals surface area contributed by atoms with E-state index in [1.165, 1.54) is 5.56 Å². The standard InChI is InChI=1S/C11H19NOS/c1-4-8(2)13-11(9(3)12)10-5-6-14-7-10/h5-9,11H,4,12H2,1-3H3. The topological polar surface area (TPSA) is 35.2 Å². The summed E-state index contributed by atoms with van der Waals surface area (Å²) in [6.07, 6.45) is 1.33. The Morgan fingerprint density at radius 3 is 2.64 bits per heavy atom. The van der Waals surface area contributed by atoms with Crippen molar-refractivity contribution < 1.29 is 4.74 Å². The molecule has 0 saturated heterocycles. The van der Waals surface area contributed by atoms with Crippen LogP contribution in [0.15, 0.2) is 16.8 Å². The van der Waals surface area contributed by atoms with Gasteiger partial charge in [0, 0.05) is 6.04 Å². The van der Waals surface area contributed by atoms with Crippen LogP contribution in [-0.4, -0.2) is 12.1 Å². The first-order valence-electron chi connectivity index (χ1n) is 5.08. The Morgan fingerprint density at radius 2 is 2.21 bits per heavy atom. The minimum Gasteiger partial charge on any atom is -0.369 e. The molecule has 80 valence electrons. The molecule has 0 radical (unpaired) electrons. The van der Waals surface area contributed by atoms with Gasteiger partial charge >= 0.3 is 0 Å². The first-order chi connectivity index (χ1) is 6.65. The van der Waals surface area contributed by atoms with E-state index in [0.717, 1.165) is 6.42 Å². The van der Waals surface area contributed by atoms with Crippen LogP contribution in [0.4, 0.5) is 0 Å². The largest absolute Gasteiger partial charge is 0.369 e. The van der Waals surface area contributed by atoms with Crippen LogP contribution in [-0.2, 0) is 4.74 Å². The van der Waals surface area contributed by atoms with Crippen LogP contribution in [0.5, 0.6) is 0 Å². The Balaban J connectivity index is 2.66. The summed E-state index contributed by atoms with van der Waals surface area (Å²) in [5, 5.41) is 4.17. The van der Waals surface area contributed by atoms with E-state index < -0.39 is 0 Å². The van der Waals surface area contributed by atoms with Crippen molar-refractivity contribution in [2.75, 3.05) is 0 Å². The fourth-order valence-electron chi connectivity index (χ4n) is 1.29. The van der Waals surface area contributed by atoms with Crippen molar-refractivity contribution in [2.24, 2.45) is 5.73 Å². The zero-order chi connectivity index (χ0) is 10.6. The third-order valence-corrected chi connectivity index (χ3v) is 3.00. The van der Waals surface area contributed by atoms with Gasteiger partial charge in [-0.25, -0.2) is 0 Å². The molecule has 0 fully saturated rings. The molecular formula is C11H19NOS. The zero-order valence-electron chi connectivity index (χ0n) is 9.07. The summed E-state index contributed by atoms with van der Waals surface area (Å²) in [6, 6.07) is 2.12. The quantitative estimate of drug-likeness (QED) is 0.816. The minimum atomic E-state index is 0.0381. The second kappa shape index (κ2) is 5.49. The Labute approximate surface area is 90.1 Å². The highest BCUT2D eigenvalue weighted by atomic mass is 32.1. The summed E-state index contributed by atoms with van der Waals surface area (Å²) in [7, 11) is 0. The Morgan fingerprint density at radius 1 is 1.50 bits per heavy atom. The van der Waals surface area contributed by atoms with Crippen molar-refractivity contribution in [2.45, 2.75) is 45.4 Å². The maximum atomic E-state index is 5.91. The first-order valence-corrected chi connectivity index (χ1v) is 6.02. The highest BCUT2D eigenvalue weighted by Gasteiger charge is 2.19. The highest BCUT2D eigenvalue weighted by Crippen LogP contribution is 2.24. The summed E-state index contributed by atoms with van der Waals surface area (Å²) in [6.45, 7) is 6.20. The summed E-state index contributed by atoms with van der Waals surface area (Å²) in [4.78, 5) is 0. The van der Waals surface area contributed by atoms with Crippen molar-refractivity contribution in [1.29, 1.82) is 0 Å². The molecule has 2 nitrogen and oxygen atoms in total. The molecular weight excluding hydrogens is 194 g/mol. The molecule has 0 bridgehead atoms. The Hall–Kier alpha value is -0.380. The molecule has 1 heterocycles. The van der Waals surface area contributed by atoms with Gasteiger partial charge in [-0.05, 0) is 42.7 Å². The fraction of sp³-hybridized carbons (Fsp3) is 0.636. The highest BCUT2D eigenvalue weighted by molar-refractivity contribution is 7.07. The molecule has 0 saturated carbocycles. The maximum absolute atomic E-state index is 5.91. The summed E-state index contributed by atoms with van der Waals surface area (Å²) >= 11 is 1.68. The van der Waals surface area contributed by atoms with Gasteiger partial charge in [-0.3, -0.25) is 0 Å². The number of nitrogens with two attached hydrogens (primary N) is 1. The van der Waals surface area contributed by atoms with Gasteiger partial charge in [0.2, 0.25) is 0 Å². The van der Waals surface area contributed by atoms with Crippen LogP contribution < -0.4 is 5.73 Å². The van der Waals surface area contributed by atoms with Gasteiger partial charge in [0.1, 0.15) is 0 Å². The van der Waals surface area contributed by atoms with E-state index in [0.29, 0.717) is 0 Å². The number of hydrogen-bond donors (Lipinski definition) is 1. The zero-order valence-corrected chi connectivity index (χ0v) is 9.88. The first kappa shape index (κ1) is 11.7. The normalized spacial score (nSPS) is 17.7. The third-order valence-electron chi connectivity index (χ3n) is 2.30. The molecule has 2 N–H and O–H groups in total. The summed E-state index contributed by atoms with van der Waals surface area (Å²) < 4.78 is 5.89. The van der Waals surface area contributed by atoms with Crippen molar-refractivity contribution in [3.8, 4) is 0 Å². The number of rotatable bonds is 5. The third kappa shape index (κ3) is 3.08. The van der Waals surface area contributed by atoms with Crippen molar-refractivity contribution >= 4 is 11.3 Å². The van der Waals surface area contributed by atoms with Gasteiger partial charge in [0.15, 0.2) is 0 Å². The lowest BCUT2D eigenvalue weighted by atomic mass is 10.1. The van der Waals surface area contributed by atoms with Crippen LogP contribution in [0.3, 0.4) is 0 Å². The molecule has 0 aliphatic heterocycles. The number of ether oxygens (including phenoxy) is 1. The molecule has 0 amide bonds. The average Bonchev–Trinajstić information content (AvgIpc) is 2.65. The van der Waals surface area contributed by atoms with Gasteiger partial charge in [-0.15, -0.1) is 0 Å². The second-order valence-electron chi connectivity index (χ2n) is 3.69. The maximum Gasteiger partial charge on any atom is 0.0984 e. The van der Waals surface area contributed by atoms with E-state index in [2.05, 4.69) is 30.7 Å². The van der Waals surface area contributed by atoms with Crippen LogP contribution in [0, 0.1) is 0 Å². The van der Waals surface area contributed by atoms with Crippen molar-refractivity contribution in [3.05, 3.63) is 22.4 Å². The van der Waals surface area contributed by atoms with Gasteiger partial charge < -0.3 is 10.5 Å². The van der Waals surface area contributed by atoms with Crippen LogP contribution in [0.25, 0.3) is 0 Å². The van der Waals surface area contributed by atoms with Gasteiger partial charge in [0.05, 0.1) is 12.2 Å². The summed E-state index contributed by atoms with van der Waals surface area (Å²) in [5.74, 6) is 0. The fourth-order valence-corrected chi connectivity index (χ4v) is 1.97. The van der Waals surface area contributed by atoms with Crippen LogP contribution >= 0.6 is 11.3 Å². The number of thiophene rings is 1. The Kier molecular flexibility index (Phi) is 4.58. The minimum absolute atomic E-state index is 0.0381. The van der Waals surface area contributed by atoms with Crippen molar-refractivity contribution in [1.82, 2.24) is 0 Å². The van der Waals surface area contributed by atoms with Crippen LogP contribution in [0.2, 0.25) is 0 Å². The lowest BCUT2D eigenvalue weighted by molar-refractivity contribution is -0.0159. The molecule has 3 heteroatoms. The molecule has 1 aromatic rings. The second-order valence-corrected chi connectivity index (χ2v) is 4.47. The molecule has 1 rings (SSSR count). The predicted molar refractivity (Wildman–Crippen MR) is 61.5 cm³/mol. The average molecular weight is 213 g/mol. The van der Waals surface area contributed by atoms with Gasteiger partial charge in [-0.1, -0.05) is 6.92 Å². The smallest absolute Gasteiger partial charge is 0.0984 e. The SMILES string of the molecule is CCC(C)OC(c1ccsc1)C(C)N. The van der Waals surface area contributed by atoms with E-state index >= 15 is 0 Å².